The van der Waals surface area contributed by atoms with Crippen molar-refractivity contribution in [2.45, 2.75) is 0 Å². The highest BCUT2D eigenvalue weighted by atomic mass is 35.5. The second kappa shape index (κ2) is 7.62. The second-order valence-electron chi connectivity index (χ2n) is 5.16. The lowest BCUT2D eigenvalue weighted by molar-refractivity contribution is -0.384. The van der Waals surface area contributed by atoms with Crippen molar-refractivity contribution in [1.29, 1.82) is 0 Å². The molecule has 1 N–H and O–H groups in total. The quantitative estimate of drug-likeness (QED) is 0.404. The van der Waals surface area contributed by atoms with Crippen LogP contribution in [0.1, 0.15) is 5.76 Å². The van der Waals surface area contributed by atoms with Crippen molar-refractivity contribution in [1.82, 2.24) is 4.98 Å². The number of para-hydroxylation sites is 1. The number of hydrogen-bond acceptors (Lipinski definition) is 5. The summed E-state index contributed by atoms with van der Waals surface area (Å²) < 4.78 is 5.57. The van der Waals surface area contributed by atoms with Gasteiger partial charge in [0, 0.05) is 18.3 Å². The average molecular weight is 370 g/mol. The van der Waals surface area contributed by atoms with Gasteiger partial charge in [-0.15, -0.1) is 0 Å². The van der Waals surface area contributed by atoms with Gasteiger partial charge in [0.1, 0.15) is 17.3 Å². The van der Waals surface area contributed by atoms with E-state index in [2.05, 4.69) is 10.3 Å². The van der Waals surface area contributed by atoms with Crippen molar-refractivity contribution in [3.8, 4) is 11.3 Å². The number of nitro groups is 1. The van der Waals surface area contributed by atoms with Gasteiger partial charge in [0.2, 0.25) is 5.91 Å². The first-order valence-electron chi connectivity index (χ1n) is 7.47. The van der Waals surface area contributed by atoms with E-state index >= 15 is 0 Å². The van der Waals surface area contributed by atoms with E-state index < -0.39 is 10.8 Å². The highest BCUT2D eigenvalue weighted by Gasteiger charge is 2.16. The Morgan fingerprint density at radius 1 is 1.19 bits per heavy atom. The van der Waals surface area contributed by atoms with Crippen LogP contribution in [0.5, 0.6) is 0 Å². The predicted octanol–water partition coefficient (Wildman–Crippen LogP) is 4.56. The van der Waals surface area contributed by atoms with Crippen molar-refractivity contribution in [2.24, 2.45) is 0 Å². The van der Waals surface area contributed by atoms with E-state index in [1.54, 1.807) is 42.5 Å². The number of nitrogens with one attached hydrogen (secondary N) is 1. The summed E-state index contributed by atoms with van der Waals surface area (Å²) in [5.74, 6) is 0.696. The van der Waals surface area contributed by atoms with Crippen molar-refractivity contribution in [2.75, 3.05) is 5.32 Å². The zero-order chi connectivity index (χ0) is 18.5. The zero-order valence-electron chi connectivity index (χ0n) is 13.3. The first-order valence-corrected chi connectivity index (χ1v) is 7.85. The number of carbonyl (C=O) groups excluding carboxylic acids is 1. The molecule has 26 heavy (non-hydrogen) atoms. The third-order valence-electron chi connectivity index (χ3n) is 3.37. The minimum absolute atomic E-state index is 0.0519. The number of nitro benzene ring substituents is 1. The highest BCUT2D eigenvalue weighted by molar-refractivity contribution is 6.30. The Morgan fingerprint density at radius 3 is 2.73 bits per heavy atom. The van der Waals surface area contributed by atoms with Crippen LogP contribution in [0.4, 0.5) is 11.5 Å². The Balaban J connectivity index is 1.72. The molecule has 3 aromatic rings. The van der Waals surface area contributed by atoms with E-state index in [0.717, 1.165) is 0 Å². The Kier molecular flexibility index (Phi) is 5.09. The number of halogens is 1. The molecule has 0 bridgehead atoms. The van der Waals surface area contributed by atoms with Gasteiger partial charge in [-0.2, -0.15) is 0 Å². The smallest absolute Gasteiger partial charge is 0.280 e. The number of furan rings is 1. The molecule has 0 unspecified atom stereocenters. The van der Waals surface area contributed by atoms with Crippen LogP contribution in [0, 0.1) is 10.1 Å². The van der Waals surface area contributed by atoms with Crippen LogP contribution >= 0.6 is 11.6 Å². The number of hydrogen-bond donors (Lipinski definition) is 1. The summed E-state index contributed by atoms with van der Waals surface area (Å²) in [6.45, 7) is 0. The van der Waals surface area contributed by atoms with Gasteiger partial charge in [-0.1, -0.05) is 23.7 Å². The van der Waals surface area contributed by atoms with Gasteiger partial charge in [-0.3, -0.25) is 14.9 Å². The van der Waals surface area contributed by atoms with E-state index in [-0.39, 0.29) is 5.69 Å². The molecule has 8 heteroatoms. The summed E-state index contributed by atoms with van der Waals surface area (Å²) in [6.07, 6.45) is 4.16. The number of benzene rings is 1. The summed E-state index contributed by atoms with van der Waals surface area (Å²) in [6, 6.07) is 12.7. The van der Waals surface area contributed by atoms with Gasteiger partial charge < -0.3 is 9.73 Å². The molecular formula is C18H12ClN3O4. The van der Waals surface area contributed by atoms with Crippen LogP contribution in [-0.2, 0) is 4.79 Å². The van der Waals surface area contributed by atoms with Gasteiger partial charge in [0.25, 0.3) is 5.69 Å². The Labute approximate surface area is 153 Å². The lowest BCUT2D eigenvalue weighted by Crippen LogP contribution is -2.08. The first kappa shape index (κ1) is 17.4. The molecule has 0 fully saturated rings. The van der Waals surface area contributed by atoms with Gasteiger partial charge in [0.05, 0.1) is 15.5 Å². The van der Waals surface area contributed by atoms with Crippen molar-refractivity contribution in [3.05, 3.63) is 81.7 Å². The maximum absolute atomic E-state index is 11.9. The van der Waals surface area contributed by atoms with E-state index in [0.29, 0.717) is 27.9 Å². The highest BCUT2D eigenvalue weighted by Crippen LogP contribution is 2.31. The van der Waals surface area contributed by atoms with E-state index in [4.69, 9.17) is 16.0 Å². The fourth-order valence-corrected chi connectivity index (χ4v) is 2.32. The van der Waals surface area contributed by atoms with E-state index in [1.165, 1.54) is 24.4 Å². The van der Waals surface area contributed by atoms with Gasteiger partial charge >= 0.3 is 0 Å². The molecule has 0 aliphatic heterocycles. The number of anilines is 1. The second-order valence-corrected chi connectivity index (χ2v) is 5.60. The first-order chi connectivity index (χ1) is 12.5. The minimum Gasteiger partial charge on any atom is -0.456 e. The van der Waals surface area contributed by atoms with Crippen molar-refractivity contribution >= 4 is 35.1 Å². The number of amides is 1. The molecule has 0 radical (unpaired) electrons. The molecule has 0 aliphatic carbocycles. The van der Waals surface area contributed by atoms with E-state index in [1.807, 2.05) is 0 Å². The van der Waals surface area contributed by atoms with Crippen molar-refractivity contribution < 1.29 is 14.1 Å². The molecule has 3 rings (SSSR count). The van der Waals surface area contributed by atoms with Gasteiger partial charge in [0.15, 0.2) is 0 Å². The topological polar surface area (TPSA) is 98.3 Å². The minimum atomic E-state index is -0.472. The van der Waals surface area contributed by atoms with Crippen LogP contribution in [0.25, 0.3) is 17.4 Å². The van der Waals surface area contributed by atoms with Crippen LogP contribution < -0.4 is 5.32 Å². The average Bonchev–Trinajstić information content (AvgIpc) is 3.11. The summed E-state index contributed by atoms with van der Waals surface area (Å²) >= 11 is 5.73. The lowest BCUT2D eigenvalue weighted by Gasteiger charge is -2.00. The van der Waals surface area contributed by atoms with Crippen LogP contribution in [0.15, 0.2) is 65.2 Å². The Bertz CT molecular complexity index is 980. The predicted molar refractivity (Wildman–Crippen MR) is 97.7 cm³/mol. The van der Waals surface area contributed by atoms with Crippen LogP contribution in [0.2, 0.25) is 5.02 Å². The Morgan fingerprint density at radius 2 is 2.00 bits per heavy atom. The summed E-state index contributed by atoms with van der Waals surface area (Å²) in [7, 11) is 0. The summed E-state index contributed by atoms with van der Waals surface area (Å²) in [5.41, 5.74) is 0.316. The number of carbonyl (C=O) groups is 1. The maximum atomic E-state index is 11.9. The molecule has 130 valence electrons. The molecule has 2 heterocycles. The molecule has 0 saturated carbocycles. The lowest BCUT2D eigenvalue weighted by atomic mass is 10.1. The molecule has 7 nitrogen and oxygen atoms in total. The SMILES string of the molecule is O=C(C=Cc1ccc(-c2ccccc2[N+](=O)[O-])o1)Nc1ccc(Cl)cn1. The van der Waals surface area contributed by atoms with E-state index in [9.17, 15) is 14.9 Å². The molecular weight excluding hydrogens is 358 g/mol. The normalized spacial score (nSPS) is 10.8. The largest absolute Gasteiger partial charge is 0.456 e. The Hall–Kier alpha value is -3.45. The van der Waals surface area contributed by atoms with Crippen LogP contribution in [0.3, 0.4) is 0 Å². The number of aromatic nitrogens is 1. The number of pyridine rings is 1. The molecule has 0 spiro atoms. The van der Waals surface area contributed by atoms with Crippen LogP contribution in [-0.4, -0.2) is 15.8 Å². The maximum Gasteiger partial charge on any atom is 0.280 e. The monoisotopic (exact) mass is 369 g/mol. The molecule has 1 aromatic carbocycles. The zero-order valence-corrected chi connectivity index (χ0v) is 14.0. The number of rotatable bonds is 5. The molecule has 0 atom stereocenters. The molecule has 1 amide bonds. The fraction of sp³-hybridized carbons (Fsp3) is 0. The standard InChI is InChI=1S/C18H12ClN3O4/c19-12-5-9-17(20-11-12)21-18(23)10-7-13-6-8-16(26-13)14-3-1-2-4-15(14)22(24)25/h1-11H,(H,20,21,23). The molecule has 2 aromatic heterocycles. The molecule has 0 saturated heterocycles. The third kappa shape index (κ3) is 4.14. The summed E-state index contributed by atoms with van der Waals surface area (Å²) in [4.78, 5) is 26.5. The molecule has 0 aliphatic rings. The third-order valence-corrected chi connectivity index (χ3v) is 3.59. The summed E-state index contributed by atoms with van der Waals surface area (Å²) in [5, 5.41) is 14.1. The van der Waals surface area contributed by atoms with Gasteiger partial charge in [-0.05, 0) is 36.4 Å². The fourth-order valence-electron chi connectivity index (χ4n) is 2.20. The van der Waals surface area contributed by atoms with Gasteiger partial charge in [-0.25, -0.2) is 4.98 Å². The number of nitrogens with zero attached hydrogens (tertiary/aromatic N) is 2. The van der Waals surface area contributed by atoms with Crippen molar-refractivity contribution in [3.63, 3.8) is 0 Å².